The van der Waals surface area contributed by atoms with E-state index in [1.54, 1.807) is 12.1 Å². The van der Waals surface area contributed by atoms with Gasteiger partial charge in [0, 0.05) is 11.8 Å². The Kier molecular flexibility index (Phi) is 4.59. The molecule has 0 bridgehead atoms. The molecule has 0 saturated heterocycles. The molecule has 1 aromatic heterocycles. The minimum atomic E-state index is -0.119. The molecule has 1 heterocycles. The van der Waals surface area contributed by atoms with Gasteiger partial charge in [-0.25, -0.2) is 4.98 Å². The molecular weight excluding hydrogens is 270 g/mol. The fraction of sp³-hybridized carbons (Fsp3) is 0.267. The van der Waals surface area contributed by atoms with Gasteiger partial charge in [-0.1, -0.05) is 37.7 Å². The third kappa shape index (κ3) is 3.72. The zero-order valence-corrected chi connectivity index (χ0v) is 12.2. The fourth-order valence-electron chi connectivity index (χ4n) is 1.64. The molecular formula is C15H15N3OS. The predicted octanol–water partition coefficient (Wildman–Crippen LogP) is 3.06. The Hall–Kier alpha value is -2.06. The Morgan fingerprint density at radius 1 is 1.35 bits per heavy atom. The van der Waals surface area contributed by atoms with Crippen LogP contribution in [0.5, 0.6) is 0 Å². The second kappa shape index (κ2) is 6.40. The quantitative estimate of drug-likeness (QED) is 0.692. The van der Waals surface area contributed by atoms with Crippen LogP contribution in [0.25, 0.3) is 0 Å². The normalized spacial score (nSPS) is 10.5. The van der Waals surface area contributed by atoms with E-state index in [4.69, 9.17) is 5.26 Å². The van der Waals surface area contributed by atoms with Gasteiger partial charge in [-0.05, 0) is 23.6 Å². The summed E-state index contributed by atoms with van der Waals surface area (Å²) in [5.74, 6) is 0.933. The number of rotatable bonds is 4. The molecule has 1 aromatic carbocycles. The van der Waals surface area contributed by atoms with E-state index in [0.29, 0.717) is 16.5 Å². The summed E-state index contributed by atoms with van der Waals surface area (Å²) >= 11 is 1.48. The van der Waals surface area contributed by atoms with Crippen molar-refractivity contribution in [2.24, 2.45) is 0 Å². The van der Waals surface area contributed by atoms with Gasteiger partial charge < -0.3 is 4.98 Å². The summed E-state index contributed by atoms with van der Waals surface area (Å²) in [7, 11) is 0. The van der Waals surface area contributed by atoms with Crippen LogP contribution < -0.4 is 5.56 Å². The maximum Gasteiger partial charge on any atom is 0.251 e. The standard InChI is InChI=1S/C15H15N3OS/c1-10(2)13-7-14(19)18-15(17-13)20-9-12-5-3-11(8-16)4-6-12/h3-7,10H,9H2,1-2H3,(H,17,18,19). The minimum absolute atomic E-state index is 0.119. The van der Waals surface area contributed by atoms with Crippen LogP contribution >= 0.6 is 11.8 Å². The van der Waals surface area contributed by atoms with Gasteiger partial charge in [0.1, 0.15) is 0 Å². The predicted molar refractivity (Wildman–Crippen MR) is 79.7 cm³/mol. The van der Waals surface area contributed by atoms with Crippen molar-refractivity contribution in [3.8, 4) is 6.07 Å². The highest BCUT2D eigenvalue weighted by Crippen LogP contribution is 2.20. The van der Waals surface area contributed by atoms with Crippen LogP contribution in [0.15, 0.2) is 40.3 Å². The van der Waals surface area contributed by atoms with Crippen LogP contribution in [0, 0.1) is 11.3 Å². The first-order valence-electron chi connectivity index (χ1n) is 6.31. The van der Waals surface area contributed by atoms with Crippen molar-refractivity contribution >= 4 is 11.8 Å². The Morgan fingerprint density at radius 3 is 2.65 bits per heavy atom. The first kappa shape index (κ1) is 14.4. The average molecular weight is 285 g/mol. The summed E-state index contributed by atoms with van der Waals surface area (Å²) in [6.07, 6.45) is 0. The molecule has 2 aromatic rings. The van der Waals surface area contributed by atoms with Gasteiger partial charge in [0.05, 0.1) is 17.3 Å². The van der Waals surface area contributed by atoms with Crippen LogP contribution in [0.1, 0.15) is 36.6 Å². The SMILES string of the molecule is CC(C)c1cc(=O)[nH]c(SCc2ccc(C#N)cc2)n1. The third-order valence-electron chi connectivity index (χ3n) is 2.79. The molecule has 4 nitrogen and oxygen atoms in total. The van der Waals surface area contributed by atoms with Gasteiger partial charge >= 0.3 is 0 Å². The molecule has 1 N–H and O–H groups in total. The first-order valence-corrected chi connectivity index (χ1v) is 7.30. The van der Waals surface area contributed by atoms with Crippen LogP contribution in [0.4, 0.5) is 0 Å². The molecule has 5 heteroatoms. The van der Waals surface area contributed by atoms with E-state index >= 15 is 0 Å². The van der Waals surface area contributed by atoms with E-state index in [0.717, 1.165) is 11.3 Å². The summed E-state index contributed by atoms with van der Waals surface area (Å²) in [5, 5.41) is 9.37. The lowest BCUT2D eigenvalue weighted by Gasteiger charge is -2.06. The summed E-state index contributed by atoms with van der Waals surface area (Å²) in [6, 6.07) is 11.0. The van der Waals surface area contributed by atoms with Gasteiger partial charge in [0.25, 0.3) is 5.56 Å². The van der Waals surface area contributed by atoms with Gasteiger partial charge in [0.15, 0.2) is 5.16 Å². The molecule has 0 saturated carbocycles. The number of H-pyrrole nitrogens is 1. The molecule has 2 rings (SSSR count). The lowest BCUT2D eigenvalue weighted by atomic mass is 10.1. The average Bonchev–Trinajstić information content (AvgIpc) is 2.45. The lowest BCUT2D eigenvalue weighted by molar-refractivity contribution is 0.769. The number of aromatic amines is 1. The van der Waals surface area contributed by atoms with Crippen molar-refractivity contribution in [1.82, 2.24) is 9.97 Å². The number of nitrogens with one attached hydrogen (secondary N) is 1. The third-order valence-corrected chi connectivity index (χ3v) is 3.73. The Bertz CT molecular complexity index is 684. The summed E-state index contributed by atoms with van der Waals surface area (Å²) in [4.78, 5) is 18.7. The highest BCUT2D eigenvalue weighted by molar-refractivity contribution is 7.98. The van der Waals surface area contributed by atoms with Crippen LogP contribution in [-0.2, 0) is 5.75 Å². The zero-order valence-electron chi connectivity index (χ0n) is 11.4. The van der Waals surface area contributed by atoms with E-state index < -0.39 is 0 Å². The topological polar surface area (TPSA) is 69.5 Å². The largest absolute Gasteiger partial charge is 0.301 e. The van der Waals surface area contributed by atoms with Crippen LogP contribution in [0.2, 0.25) is 0 Å². The summed E-state index contributed by atoms with van der Waals surface area (Å²) < 4.78 is 0. The molecule has 0 fully saturated rings. The molecule has 0 aliphatic heterocycles. The smallest absolute Gasteiger partial charge is 0.251 e. The second-order valence-electron chi connectivity index (χ2n) is 4.73. The molecule has 0 aliphatic rings. The Labute approximate surface area is 121 Å². The van der Waals surface area contributed by atoms with E-state index in [1.165, 1.54) is 17.8 Å². The molecule has 0 amide bonds. The van der Waals surface area contributed by atoms with Crippen LogP contribution in [0.3, 0.4) is 0 Å². The Balaban J connectivity index is 2.10. The highest BCUT2D eigenvalue weighted by atomic mass is 32.2. The summed E-state index contributed by atoms with van der Waals surface area (Å²) in [5.41, 5.74) is 2.42. The van der Waals surface area contributed by atoms with E-state index in [1.807, 2.05) is 26.0 Å². The van der Waals surface area contributed by atoms with Crippen molar-refractivity contribution in [2.45, 2.75) is 30.7 Å². The van der Waals surface area contributed by atoms with Gasteiger partial charge in [0.2, 0.25) is 0 Å². The van der Waals surface area contributed by atoms with Crippen molar-refractivity contribution < 1.29 is 0 Å². The maximum absolute atomic E-state index is 11.6. The van der Waals surface area contributed by atoms with Crippen molar-refractivity contribution in [3.63, 3.8) is 0 Å². The molecule has 0 unspecified atom stereocenters. The number of hydrogen-bond donors (Lipinski definition) is 1. The van der Waals surface area contributed by atoms with Crippen molar-refractivity contribution in [1.29, 1.82) is 5.26 Å². The van der Waals surface area contributed by atoms with E-state index in [2.05, 4.69) is 16.0 Å². The van der Waals surface area contributed by atoms with Gasteiger partial charge in [-0.3, -0.25) is 4.79 Å². The number of thioether (sulfide) groups is 1. The maximum atomic E-state index is 11.6. The number of nitriles is 1. The number of benzene rings is 1. The molecule has 20 heavy (non-hydrogen) atoms. The lowest BCUT2D eigenvalue weighted by Crippen LogP contribution is -2.10. The highest BCUT2D eigenvalue weighted by Gasteiger charge is 2.06. The van der Waals surface area contributed by atoms with Crippen molar-refractivity contribution in [2.75, 3.05) is 0 Å². The Morgan fingerprint density at radius 2 is 2.05 bits per heavy atom. The first-order chi connectivity index (χ1) is 9.58. The van der Waals surface area contributed by atoms with Gasteiger partial charge in [-0.2, -0.15) is 5.26 Å². The van der Waals surface area contributed by atoms with Crippen molar-refractivity contribution in [3.05, 3.63) is 57.5 Å². The van der Waals surface area contributed by atoms with Gasteiger partial charge in [-0.15, -0.1) is 0 Å². The molecule has 0 radical (unpaired) electrons. The number of hydrogen-bond acceptors (Lipinski definition) is 4. The number of nitrogens with zero attached hydrogens (tertiary/aromatic N) is 2. The van der Waals surface area contributed by atoms with Crippen LogP contribution in [-0.4, -0.2) is 9.97 Å². The molecule has 0 aliphatic carbocycles. The second-order valence-corrected chi connectivity index (χ2v) is 5.69. The van der Waals surface area contributed by atoms with E-state index in [-0.39, 0.29) is 11.5 Å². The zero-order chi connectivity index (χ0) is 14.5. The fourth-order valence-corrected chi connectivity index (χ4v) is 2.48. The van der Waals surface area contributed by atoms with E-state index in [9.17, 15) is 4.79 Å². The minimum Gasteiger partial charge on any atom is -0.301 e. The monoisotopic (exact) mass is 285 g/mol. The molecule has 0 atom stereocenters. The number of aromatic nitrogens is 2. The molecule has 102 valence electrons. The molecule has 0 spiro atoms. The summed E-state index contributed by atoms with van der Waals surface area (Å²) in [6.45, 7) is 4.02.